The average Bonchev–Trinajstić information content (AvgIpc) is 3.29. The van der Waals surface area contributed by atoms with E-state index in [9.17, 15) is 22.0 Å². The zero-order chi connectivity index (χ0) is 39.9. The number of allylic oxidation sites excluding steroid dienone is 5. The second-order valence-electron chi connectivity index (χ2n) is 14.8. The summed E-state index contributed by atoms with van der Waals surface area (Å²) >= 11 is 0. The third-order valence-corrected chi connectivity index (χ3v) is 9.69. The molecule has 0 bridgehead atoms. The monoisotopic (exact) mass is 763 g/mol. The van der Waals surface area contributed by atoms with Gasteiger partial charge >= 0.3 is 5.97 Å². The number of rotatable bonds is 12. The molecule has 53 heavy (non-hydrogen) atoms. The quantitative estimate of drug-likeness (QED) is 0.0361. The lowest BCUT2D eigenvalue weighted by molar-refractivity contribution is -0.137. The lowest BCUT2D eigenvalue weighted by atomic mass is 9.83. The first-order valence-corrected chi connectivity index (χ1v) is 19.2. The van der Waals surface area contributed by atoms with E-state index in [1.807, 2.05) is 62.0 Å². The Kier molecular flexibility index (Phi) is 14.4. The number of hydrogen-bond donors (Lipinski definition) is 2. The summed E-state index contributed by atoms with van der Waals surface area (Å²) in [6.45, 7) is 11.6. The van der Waals surface area contributed by atoms with Gasteiger partial charge in [0.2, 0.25) is 5.36 Å². The van der Waals surface area contributed by atoms with Crippen LogP contribution in [0.25, 0.3) is 17.4 Å². The minimum Gasteiger partial charge on any atom is -0.481 e. The Morgan fingerprint density at radius 1 is 0.943 bits per heavy atom. The van der Waals surface area contributed by atoms with Crippen LogP contribution in [-0.4, -0.2) is 50.4 Å². The van der Waals surface area contributed by atoms with Crippen LogP contribution < -0.4 is 14.8 Å². The third kappa shape index (κ3) is 10.9. The number of benzene rings is 2. The summed E-state index contributed by atoms with van der Waals surface area (Å²) in [6.07, 6.45) is 11.7. The van der Waals surface area contributed by atoms with E-state index in [4.69, 9.17) is 14.1 Å². The zero-order valence-electron chi connectivity index (χ0n) is 31.7. The molecule has 0 amide bonds. The van der Waals surface area contributed by atoms with Crippen LogP contribution in [0.15, 0.2) is 58.7 Å². The number of fused-ring (bicyclic) bond motifs is 2. The Morgan fingerprint density at radius 3 is 2.17 bits per heavy atom. The highest BCUT2D eigenvalue weighted by atomic mass is 32.2. The predicted molar refractivity (Wildman–Crippen MR) is 201 cm³/mol. The molecule has 290 valence electrons. The van der Waals surface area contributed by atoms with E-state index >= 15 is 8.78 Å². The highest BCUT2D eigenvalue weighted by Gasteiger charge is 2.46. The fourth-order valence-electron chi connectivity index (χ4n) is 5.97. The Hall–Kier alpha value is -4.23. The lowest BCUT2D eigenvalue weighted by Gasteiger charge is -2.27. The molecule has 2 heterocycles. The van der Waals surface area contributed by atoms with Crippen molar-refractivity contribution in [1.82, 2.24) is 4.58 Å². The molecule has 0 fully saturated rings. The number of aliphatic carboxylic acids is 1. The number of unbranched alkanes of at least 4 members (excludes halogenated alkanes) is 3. The molecule has 0 unspecified atom stereocenters. The van der Waals surface area contributed by atoms with Gasteiger partial charge in [0.25, 0.3) is 10.1 Å². The highest BCUT2D eigenvalue weighted by Crippen LogP contribution is 2.51. The number of halogens is 4. The minimum atomic E-state index is -3.69. The van der Waals surface area contributed by atoms with Crippen molar-refractivity contribution in [3.63, 3.8) is 0 Å². The number of carboxylic acids is 1. The first-order valence-electron chi connectivity index (χ1n) is 17.6. The van der Waals surface area contributed by atoms with Crippen LogP contribution in [0.3, 0.4) is 0 Å². The van der Waals surface area contributed by atoms with E-state index in [0.717, 1.165) is 34.4 Å². The second kappa shape index (κ2) is 17.7. The molecule has 1 aromatic carbocycles. The number of nitrogens with zero attached hydrogens (tertiary/aromatic N) is 2. The van der Waals surface area contributed by atoms with Crippen molar-refractivity contribution < 1.29 is 44.9 Å². The van der Waals surface area contributed by atoms with Crippen LogP contribution in [-0.2, 0) is 25.7 Å². The first kappa shape index (κ1) is 43.2. The maximum Gasteiger partial charge on any atom is 0.303 e. The standard InChI is InChI=1S/C36H40F4N2O3.C4H10O3S/c1-35(2,3)27-20-22(24-18-17-23(41(6)7)21-25(24)45-27)14-10-8-11-15-26-36(4,5)29-30(37)31(38)32(39)33(40)34(29)42(26)19-13-9-12-16-28(43)44;1-2-3-4-8(5,6)7/h8,10-11,14-15,17-18,20-21H,9,12-13,16,19H2,1-7H3;2-4H2,1H3,(H,5,6,7)/p+1. The first-order chi connectivity index (χ1) is 24.6. The van der Waals surface area contributed by atoms with Crippen molar-refractivity contribution in [2.45, 2.75) is 90.9 Å². The fourth-order valence-corrected chi connectivity index (χ4v) is 6.62. The number of carboxylic acid groups (broad SMARTS) is 1. The highest BCUT2D eigenvalue weighted by molar-refractivity contribution is 7.85. The molecule has 2 aliphatic heterocycles. The summed E-state index contributed by atoms with van der Waals surface area (Å²) in [7, 11) is 0.249. The summed E-state index contributed by atoms with van der Waals surface area (Å²) in [5.74, 6) is -5.99. The van der Waals surface area contributed by atoms with Gasteiger partial charge in [-0.3, -0.25) is 9.35 Å². The molecule has 2 N–H and O–H groups in total. The molecule has 8 nitrogen and oxygen atoms in total. The summed E-state index contributed by atoms with van der Waals surface area (Å²) < 4.78 is 95.3. The van der Waals surface area contributed by atoms with Crippen LogP contribution in [0.2, 0.25) is 0 Å². The molecule has 0 aromatic heterocycles. The summed E-state index contributed by atoms with van der Waals surface area (Å²) in [6, 6.07) is 8.05. The normalized spacial score (nSPS) is 15.0. The van der Waals surface area contributed by atoms with Gasteiger partial charge in [0, 0.05) is 46.7 Å². The average molecular weight is 764 g/mol. The number of carbonyl (C=O) groups is 1. The molecule has 3 aliphatic rings. The molecule has 0 spiro atoms. The summed E-state index contributed by atoms with van der Waals surface area (Å²) in [5, 5.41) is 9.94. The molecule has 0 radical (unpaired) electrons. The van der Waals surface area contributed by atoms with Crippen LogP contribution in [0.5, 0.6) is 0 Å². The number of anilines is 1. The third-order valence-electron chi connectivity index (χ3n) is 8.89. The predicted octanol–water partition coefficient (Wildman–Crippen LogP) is 8.84. The van der Waals surface area contributed by atoms with Crippen molar-refractivity contribution in [3.05, 3.63) is 99.8 Å². The molecule has 1 aromatic rings. The smallest absolute Gasteiger partial charge is 0.303 e. The summed E-state index contributed by atoms with van der Waals surface area (Å²) in [5.41, 5.74) is 0.394. The molecular weight excluding hydrogens is 713 g/mol. The topological polar surface area (TPSA) is 111 Å². The van der Waals surface area contributed by atoms with Crippen LogP contribution in [0.4, 0.5) is 23.2 Å². The van der Waals surface area contributed by atoms with Crippen molar-refractivity contribution in [2.24, 2.45) is 0 Å². The molecule has 13 heteroatoms. The molecule has 4 rings (SSSR count). The van der Waals surface area contributed by atoms with Crippen molar-refractivity contribution in [1.29, 1.82) is 0 Å². The number of hydrogen-bond acceptors (Lipinski definition) is 5. The SMILES string of the molecule is CCCCS(=O)(=O)O.C[N+](C)=c1ccc2c(/C=C/C=C/C=C3/N(CCCCCC(=O)O)c4c(F)c(F)c(F)c(F)c4C3(C)C)cc(C(C)(C)C)oc-2c1. The Morgan fingerprint density at radius 2 is 1.60 bits per heavy atom. The molecule has 0 saturated heterocycles. The van der Waals surface area contributed by atoms with Gasteiger partial charge in [0.1, 0.15) is 25.6 Å². The van der Waals surface area contributed by atoms with Gasteiger partial charge in [-0.25, -0.2) is 22.1 Å². The van der Waals surface area contributed by atoms with E-state index < -0.39 is 44.8 Å². The van der Waals surface area contributed by atoms with E-state index in [2.05, 4.69) is 20.8 Å². The molecule has 1 aliphatic carbocycles. The van der Waals surface area contributed by atoms with Crippen molar-refractivity contribution in [2.75, 3.05) is 31.3 Å². The minimum absolute atomic E-state index is 0.0124. The largest absolute Gasteiger partial charge is 0.481 e. The van der Waals surface area contributed by atoms with Gasteiger partial charge < -0.3 is 14.4 Å². The Balaban J connectivity index is 0.000000846. The van der Waals surface area contributed by atoms with Gasteiger partial charge in [0.15, 0.2) is 23.3 Å². The van der Waals surface area contributed by atoms with Crippen molar-refractivity contribution in [3.8, 4) is 11.3 Å². The Labute approximate surface area is 309 Å². The summed E-state index contributed by atoms with van der Waals surface area (Å²) in [4.78, 5) is 12.4. The van der Waals surface area contributed by atoms with Gasteiger partial charge in [-0.1, -0.05) is 78.7 Å². The molecule has 0 atom stereocenters. The van der Waals surface area contributed by atoms with Gasteiger partial charge in [-0.05, 0) is 43.0 Å². The van der Waals surface area contributed by atoms with Gasteiger partial charge in [-0.2, -0.15) is 8.42 Å². The van der Waals surface area contributed by atoms with Gasteiger partial charge in [0.05, 0.1) is 17.5 Å². The molecule has 0 saturated carbocycles. The van der Waals surface area contributed by atoms with Crippen LogP contribution >= 0.6 is 0 Å². The second-order valence-corrected chi connectivity index (χ2v) is 16.4. The van der Waals surface area contributed by atoms with E-state index in [0.29, 0.717) is 31.4 Å². The molecular formula is C40H51F4N2O6S+. The lowest BCUT2D eigenvalue weighted by Crippen LogP contribution is -2.27. The van der Waals surface area contributed by atoms with Crippen LogP contribution in [0, 0.1) is 23.3 Å². The zero-order valence-corrected chi connectivity index (χ0v) is 32.5. The Bertz CT molecular complexity index is 2040. The van der Waals surface area contributed by atoms with E-state index in [-0.39, 0.29) is 35.4 Å². The van der Waals surface area contributed by atoms with Crippen molar-refractivity contribution >= 4 is 27.9 Å². The van der Waals surface area contributed by atoms with Gasteiger partial charge in [-0.15, -0.1) is 0 Å². The fraction of sp³-hybridized carbons (Fsp3) is 0.450. The van der Waals surface area contributed by atoms with Crippen LogP contribution in [0.1, 0.15) is 97.0 Å². The van der Waals surface area contributed by atoms with E-state index in [1.54, 1.807) is 32.1 Å². The maximum absolute atomic E-state index is 15.2. The van der Waals surface area contributed by atoms with E-state index in [1.165, 1.54) is 4.90 Å². The maximum atomic E-state index is 15.2.